The van der Waals surface area contributed by atoms with E-state index in [0.717, 1.165) is 28.0 Å². The summed E-state index contributed by atoms with van der Waals surface area (Å²) in [6.07, 6.45) is 1.75. The number of carbonyl (C=O) groups excluding carboxylic acids is 1. The number of nitrogens with zero attached hydrogens (tertiary/aromatic N) is 1. The summed E-state index contributed by atoms with van der Waals surface area (Å²) in [7, 11) is 0. The molecule has 19 heavy (non-hydrogen) atoms. The van der Waals surface area contributed by atoms with Crippen molar-refractivity contribution in [3.63, 3.8) is 0 Å². The van der Waals surface area contributed by atoms with Crippen LogP contribution in [0.4, 0.5) is 5.69 Å². The summed E-state index contributed by atoms with van der Waals surface area (Å²) < 4.78 is 0. The van der Waals surface area contributed by atoms with E-state index in [9.17, 15) is 4.79 Å². The minimum atomic E-state index is -0.110. The largest absolute Gasteiger partial charge is 0.362 e. The maximum absolute atomic E-state index is 12.2. The van der Waals surface area contributed by atoms with Crippen molar-refractivity contribution in [1.82, 2.24) is 15.2 Å². The Morgan fingerprint density at radius 3 is 2.84 bits per heavy atom. The van der Waals surface area contributed by atoms with Crippen molar-refractivity contribution >= 4 is 22.5 Å². The van der Waals surface area contributed by atoms with Crippen LogP contribution in [0, 0.1) is 13.8 Å². The zero-order valence-electron chi connectivity index (χ0n) is 10.7. The van der Waals surface area contributed by atoms with Gasteiger partial charge >= 0.3 is 0 Å². The summed E-state index contributed by atoms with van der Waals surface area (Å²) in [6.45, 7) is 3.82. The normalized spacial score (nSPS) is 10.8. The molecule has 5 heteroatoms. The highest BCUT2D eigenvalue weighted by molar-refractivity contribution is 6.05. The number of carbonyl (C=O) groups is 1. The molecule has 0 spiro atoms. The fraction of sp³-hybridized carbons (Fsp3) is 0.143. The van der Waals surface area contributed by atoms with Crippen LogP contribution in [-0.2, 0) is 0 Å². The molecular formula is C14H14N4O. The molecule has 1 aromatic carbocycles. The SMILES string of the molecule is Cc1cc(C(=O)Nc2ccc3cn[nH]c3c2)c(C)[nH]1. The molecule has 0 saturated heterocycles. The van der Waals surface area contributed by atoms with E-state index in [2.05, 4.69) is 20.5 Å². The predicted molar refractivity (Wildman–Crippen MR) is 74.3 cm³/mol. The predicted octanol–water partition coefficient (Wildman–Crippen LogP) is 2.76. The standard InChI is InChI=1S/C14H14N4O/c1-8-5-12(9(2)16-8)14(19)17-11-4-3-10-7-15-18-13(10)6-11/h3-7,16H,1-2H3,(H,15,18)(H,17,19). The molecule has 3 N–H and O–H groups in total. The Morgan fingerprint density at radius 1 is 1.26 bits per heavy atom. The first-order valence-electron chi connectivity index (χ1n) is 6.04. The van der Waals surface area contributed by atoms with Crippen molar-refractivity contribution in [3.8, 4) is 0 Å². The van der Waals surface area contributed by atoms with Crippen molar-refractivity contribution in [2.75, 3.05) is 5.32 Å². The number of anilines is 1. The third-order valence-electron chi connectivity index (χ3n) is 3.09. The molecule has 0 atom stereocenters. The first-order valence-corrected chi connectivity index (χ1v) is 6.04. The Kier molecular flexibility index (Phi) is 2.59. The highest BCUT2D eigenvalue weighted by atomic mass is 16.1. The number of H-pyrrole nitrogens is 2. The second-order valence-corrected chi connectivity index (χ2v) is 4.62. The van der Waals surface area contributed by atoms with Gasteiger partial charge in [-0.3, -0.25) is 9.89 Å². The van der Waals surface area contributed by atoms with Crippen LogP contribution in [0.25, 0.3) is 10.9 Å². The van der Waals surface area contributed by atoms with Gasteiger partial charge in [-0.2, -0.15) is 5.10 Å². The Morgan fingerprint density at radius 2 is 2.11 bits per heavy atom. The fourth-order valence-electron chi connectivity index (χ4n) is 2.17. The van der Waals surface area contributed by atoms with Crippen molar-refractivity contribution in [2.24, 2.45) is 0 Å². The van der Waals surface area contributed by atoms with Crippen LogP contribution in [0.1, 0.15) is 21.7 Å². The number of rotatable bonds is 2. The molecule has 0 aliphatic carbocycles. The van der Waals surface area contributed by atoms with Gasteiger partial charge in [0.05, 0.1) is 17.3 Å². The molecule has 96 valence electrons. The van der Waals surface area contributed by atoms with E-state index in [1.807, 2.05) is 38.1 Å². The minimum Gasteiger partial charge on any atom is -0.362 e. The fourth-order valence-corrected chi connectivity index (χ4v) is 2.17. The van der Waals surface area contributed by atoms with E-state index in [0.29, 0.717) is 5.56 Å². The van der Waals surface area contributed by atoms with Crippen molar-refractivity contribution in [2.45, 2.75) is 13.8 Å². The molecule has 3 rings (SSSR count). The van der Waals surface area contributed by atoms with Crippen LogP contribution in [0.5, 0.6) is 0 Å². The van der Waals surface area contributed by atoms with Gasteiger partial charge in [-0.05, 0) is 38.1 Å². The van der Waals surface area contributed by atoms with Crippen LogP contribution in [-0.4, -0.2) is 21.1 Å². The van der Waals surface area contributed by atoms with E-state index < -0.39 is 0 Å². The van der Waals surface area contributed by atoms with Crippen LogP contribution < -0.4 is 5.32 Å². The maximum atomic E-state index is 12.2. The number of hydrogen-bond acceptors (Lipinski definition) is 2. The lowest BCUT2D eigenvalue weighted by molar-refractivity contribution is 0.102. The molecule has 0 aliphatic rings. The Bertz CT molecular complexity index is 754. The molecule has 0 saturated carbocycles. The van der Waals surface area contributed by atoms with Gasteiger partial charge in [0.1, 0.15) is 0 Å². The average molecular weight is 254 g/mol. The summed E-state index contributed by atoms with van der Waals surface area (Å²) in [5.41, 5.74) is 4.17. The van der Waals surface area contributed by atoms with Crippen LogP contribution in [0.15, 0.2) is 30.5 Å². The van der Waals surface area contributed by atoms with Gasteiger partial charge in [0.2, 0.25) is 0 Å². The molecule has 0 bridgehead atoms. The molecular weight excluding hydrogens is 240 g/mol. The summed E-state index contributed by atoms with van der Waals surface area (Å²) in [5.74, 6) is -0.110. The number of aromatic nitrogens is 3. The topological polar surface area (TPSA) is 73.6 Å². The van der Waals surface area contributed by atoms with E-state index in [1.54, 1.807) is 6.20 Å². The molecule has 2 aromatic heterocycles. The Labute approximate surface area is 110 Å². The zero-order chi connectivity index (χ0) is 13.4. The van der Waals surface area contributed by atoms with Gasteiger partial charge in [-0.15, -0.1) is 0 Å². The van der Waals surface area contributed by atoms with Crippen LogP contribution >= 0.6 is 0 Å². The summed E-state index contributed by atoms with van der Waals surface area (Å²) in [5, 5.41) is 10.7. The quantitative estimate of drug-likeness (QED) is 0.658. The summed E-state index contributed by atoms with van der Waals surface area (Å²) in [4.78, 5) is 15.3. The molecule has 0 unspecified atom stereocenters. The van der Waals surface area contributed by atoms with E-state index in [-0.39, 0.29) is 5.91 Å². The minimum absolute atomic E-state index is 0.110. The Hall–Kier alpha value is -2.56. The lowest BCUT2D eigenvalue weighted by Gasteiger charge is -2.04. The highest BCUT2D eigenvalue weighted by Crippen LogP contribution is 2.18. The molecule has 0 radical (unpaired) electrons. The zero-order valence-corrected chi connectivity index (χ0v) is 10.7. The highest BCUT2D eigenvalue weighted by Gasteiger charge is 2.11. The van der Waals surface area contributed by atoms with E-state index in [1.165, 1.54) is 0 Å². The molecule has 0 aliphatic heterocycles. The molecule has 5 nitrogen and oxygen atoms in total. The summed E-state index contributed by atoms with van der Waals surface area (Å²) in [6, 6.07) is 7.50. The third kappa shape index (κ3) is 2.10. The van der Waals surface area contributed by atoms with Gasteiger partial charge in [-0.1, -0.05) is 0 Å². The summed E-state index contributed by atoms with van der Waals surface area (Å²) >= 11 is 0. The number of hydrogen-bond donors (Lipinski definition) is 3. The average Bonchev–Trinajstić information content (AvgIpc) is 2.94. The number of nitrogens with one attached hydrogen (secondary N) is 3. The van der Waals surface area contributed by atoms with Crippen LogP contribution in [0.3, 0.4) is 0 Å². The van der Waals surface area contributed by atoms with Gasteiger partial charge in [0, 0.05) is 22.5 Å². The first-order chi connectivity index (χ1) is 9.13. The monoisotopic (exact) mass is 254 g/mol. The number of aryl methyl sites for hydroxylation is 2. The van der Waals surface area contributed by atoms with E-state index in [4.69, 9.17) is 0 Å². The molecule has 1 amide bonds. The van der Waals surface area contributed by atoms with Crippen molar-refractivity contribution in [3.05, 3.63) is 47.4 Å². The maximum Gasteiger partial charge on any atom is 0.257 e. The van der Waals surface area contributed by atoms with Crippen molar-refractivity contribution < 1.29 is 4.79 Å². The lowest BCUT2D eigenvalue weighted by atomic mass is 10.2. The smallest absolute Gasteiger partial charge is 0.257 e. The number of aromatic amines is 2. The van der Waals surface area contributed by atoms with Crippen molar-refractivity contribution in [1.29, 1.82) is 0 Å². The first kappa shape index (κ1) is 11.5. The van der Waals surface area contributed by atoms with Gasteiger partial charge < -0.3 is 10.3 Å². The molecule has 2 heterocycles. The number of benzene rings is 1. The second kappa shape index (κ2) is 4.28. The lowest BCUT2D eigenvalue weighted by Crippen LogP contribution is -2.12. The molecule has 3 aromatic rings. The van der Waals surface area contributed by atoms with Gasteiger partial charge in [0.15, 0.2) is 0 Å². The third-order valence-corrected chi connectivity index (χ3v) is 3.09. The van der Waals surface area contributed by atoms with Crippen LogP contribution in [0.2, 0.25) is 0 Å². The Balaban J connectivity index is 1.88. The van der Waals surface area contributed by atoms with E-state index >= 15 is 0 Å². The number of amides is 1. The van der Waals surface area contributed by atoms with Gasteiger partial charge in [-0.25, -0.2) is 0 Å². The van der Waals surface area contributed by atoms with Gasteiger partial charge in [0.25, 0.3) is 5.91 Å². The molecule has 0 fully saturated rings. The number of fused-ring (bicyclic) bond motifs is 1. The second-order valence-electron chi connectivity index (χ2n) is 4.62.